The number of ether oxygens (including phenoxy) is 2. The summed E-state index contributed by atoms with van der Waals surface area (Å²) in [6, 6.07) is 6.72. The summed E-state index contributed by atoms with van der Waals surface area (Å²) in [7, 11) is 1.22. The first-order chi connectivity index (χ1) is 10.1. The molecule has 0 aliphatic heterocycles. The Kier molecular flexibility index (Phi) is 4.75. The van der Waals surface area contributed by atoms with E-state index in [1.807, 2.05) is 0 Å². The maximum atomic E-state index is 12.1. The van der Waals surface area contributed by atoms with E-state index >= 15 is 0 Å². The molecule has 0 aliphatic carbocycles. The number of hydrogen-bond donors (Lipinski definition) is 0. The summed E-state index contributed by atoms with van der Waals surface area (Å²) in [6.45, 7) is 1.84. The van der Waals surface area contributed by atoms with E-state index in [0.29, 0.717) is 21.5 Å². The van der Waals surface area contributed by atoms with Crippen molar-refractivity contribution in [3.63, 3.8) is 0 Å². The fraction of sp³-hybridized carbons (Fsp3) is 0.267. The molecule has 1 aromatic heterocycles. The van der Waals surface area contributed by atoms with Crippen LogP contribution in [-0.4, -0.2) is 30.6 Å². The molecule has 0 saturated heterocycles. The van der Waals surface area contributed by atoms with E-state index in [-0.39, 0.29) is 6.61 Å². The summed E-state index contributed by atoms with van der Waals surface area (Å²) >= 11 is 6.12. The molecule has 21 heavy (non-hydrogen) atoms. The minimum Gasteiger partial charge on any atom is -0.468 e. The van der Waals surface area contributed by atoms with Gasteiger partial charge in [-0.25, -0.2) is 0 Å². The molecule has 0 aliphatic rings. The van der Waals surface area contributed by atoms with Crippen LogP contribution in [0, 0.1) is 0 Å². The van der Waals surface area contributed by atoms with Crippen molar-refractivity contribution in [1.29, 1.82) is 0 Å². The van der Waals surface area contributed by atoms with Crippen LogP contribution in [0.1, 0.15) is 18.4 Å². The summed E-state index contributed by atoms with van der Waals surface area (Å²) in [5.41, 5.74) is 0.897. The Bertz CT molecular complexity index is 686. The molecular formula is C15H14ClNO4. The topological polar surface area (TPSA) is 65.5 Å². The van der Waals surface area contributed by atoms with Gasteiger partial charge in [0.05, 0.1) is 19.2 Å². The monoisotopic (exact) mass is 307 g/mol. The smallest absolute Gasteiger partial charge is 0.324 e. The molecular weight excluding hydrogens is 294 g/mol. The van der Waals surface area contributed by atoms with Gasteiger partial charge in [0.1, 0.15) is 0 Å². The minimum atomic E-state index is -1.18. The lowest BCUT2D eigenvalue weighted by molar-refractivity contribution is -0.155. The molecule has 0 spiro atoms. The van der Waals surface area contributed by atoms with Crippen molar-refractivity contribution in [3.05, 3.63) is 41.0 Å². The summed E-state index contributed by atoms with van der Waals surface area (Å²) in [6.07, 6.45) is 1.57. The molecule has 1 unspecified atom stereocenters. The second kappa shape index (κ2) is 6.54. The molecule has 0 N–H and O–H groups in total. The fourth-order valence-corrected chi connectivity index (χ4v) is 2.30. The first kappa shape index (κ1) is 15.3. The zero-order valence-corrected chi connectivity index (χ0v) is 12.4. The summed E-state index contributed by atoms with van der Waals surface area (Å²) in [4.78, 5) is 28.3. The zero-order chi connectivity index (χ0) is 15.4. The highest BCUT2D eigenvalue weighted by Gasteiger charge is 2.33. The average Bonchev–Trinajstić information content (AvgIpc) is 2.50. The highest BCUT2D eigenvalue weighted by Crippen LogP contribution is 2.30. The largest absolute Gasteiger partial charge is 0.468 e. The van der Waals surface area contributed by atoms with E-state index in [0.717, 1.165) is 0 Å². The van der Waals surface area contributed by atoms with Crippen LogP contribution in [0.5, 0.6) is 0 Å². The molecule has 1 atom stereocenters. The quantitative estimate of drug-likeness (QED) is 0.642. The number of carbonyl (C=O) groups excluding carboxylic acids is 2. The van der Waals surface area contributed by atoms with Gasteiger partial charge in [0.15, 0.2) is 5.92 Å². The number of halogens is 1. The fourth-order valence-electron chi connectivity index (χ4n) is 2.09. The van der Waals surface area contributed by atoms with Gasteiger partial charge >= 0.3 is 11.9 Å². The van der Waals surface area contributed by atoms with Crippen molar-refractivity contribution in [2.24, 2.45) is 0 Å². The van der Waals surface area contributed by atoms with Crippen LogP contribution in [0.3, 0.4) is 0 Å². The van der Waals surface area contributed by atoms with E-state index in [1.54, 1.807) is 37.4 Å². The lowest BCUT2D eigenvalue weighted by atomic mass is 9.96. The molecule has 1 aromatic carbocycles. The summed E-state index contributed by atoms with van der Waals surface area (Å²) in [5, 5.41) is 1.16. The molecule has 2 aromatic rings. The molecule has 0 fully saturated rings. The van der Waals surface area contributed by atoms with Crippen LogP contribution in [0.4, 0.5) is 0 Å². The standard InChI is InChI=1S/C15H14ClNO4/c1-3-21-15(19)12(14(18)20-2)10-6-7-11(16)9-5-4-8-17-13(9)10/h4-8,12H,3H2,1-2H3. The molecule has 0 saturated carbocycles. The molecule has 0 bridgehead atoms. The summed E-state index contributed by atoms with van der Waals surface area (Å²) in [5.74, 6) is -2.54. The Hall–Kier alpha value is -2.14. The van der Waals surface area contributed by atoms with Gasteiger partial charge in [0.2, 0.25) is 0 Å². The van der Waals surface area contributed by atoms with Crippen LogP contribution in [0.2, 0.25) is 5.02 Å². The third-order valence-electron chi connectivity index (χ3n) is 3.02. The number of benzene rings is 1. The van der Waals surface area contributed by atoms with Crippen LogP contribution >= 0.6 is 11.6 Å². The average molecular weight is 308 g/mol. The van der Waals surface area contributed by atoms with Crippen molar-refractivity contribution in [2.45, 2.75) is 12.8 Å². The second-order valence-electron chi connectivity index (χ2n) is 4.24. The van der Waals surface area contributed by atoms with Crippen molar-refractivity contribution < 1.29 is 19.1 Å². The zero-order valence-electron chi connectivity index (χ0n) is 11.6. The maximum absolute atomic E-state index is 12.1. The van der Waals surface area contributed by atoms with E-state index in [1.165, 1.54) is 7.11 Å². The number of esters is 2. The molecule has 2 rings (SSSR count). The number of hydrogen-bond acceptors (Lipinski definition) is 5. The van der Waals surface area contributed by atoms with Crippen molar-refractivity contribution in [1.82, 2.24) is 4.98 Å². The van der Waals surface area contributed by atoms with E-state index < -0.39 is 17.9 Å². The van der Waals surface area contributed by atoms with Gasteiger partial charge in [-0.3, -0.25) is 14.6 Å². The number of methoxy groups -OCH3 is 1. The predicted octanol–water partition coefficient (Wildman–Crippen LogP) is 2.71. The van der Waals surface area contributed by atoms with Crippen molar-refractivity contribution in [3.8, 4) is 0 Å². The Morgan fingerprint density at radius 2 is 2.05 bits per heavy atom. The van der Waals surface area contributed by atoms with Crippen LogP contribution in [-0.2, 0) is 19.1 Å². The van der Waals surface area contributed by atoms with Crippen LogP contribution < -0.4 is 0 Å². The SMILES string of the molecule is CCOC(=O)C(C(=O)OC)c1ccc(Cl)c2cccnc12. The molecule has 6 heteroatoms. The first-order valence-corrected chi connectivity index (χ1v) is 6.75. The van der Waals surface area contributed by atoms with Crippen LogP contribution in [0.25, 0.3) is 10.9 Å². The van der Waals surface area contributed by atoms with Gasteiger partial charge in [-0.1, -0.05) is 17.7 Å². The third kappa shape index (κ3) is 2.97. The highest BCUT2D eigenvalue weighted by molar-refractivity contribution is 6.35. The summed E-state index contributed by atoms with van der Waals surface area (Å²) < 4.78 is 9.67. The van der Waals surface area contributed by atoms with Crippen molar-refractivity contribution in [2.75, 3.05) is 13.7 Å². The number of aromatic nitrogens is 1. The van der Waals surface area contributed by atoms with Crippen LogP contribution in [0.15, 0.2) is 30.5 Å². The number of pyridine rings is 1. The number of fused-ring (bicyclic) bond motifs is 1. The molecule has 0 amide bonds. The minimum absolute atomic E-state index is 0.172. The van der Waals surface area contributed by atoms with E-state index in [2.05, 4.69) is 4.98 Å². The Balaban J connectivity index is 2.62. The number of nitrogens with zero attached hydrogens (tertiary/aromatic N) is 1. The number of rotatable bonds is 4. The lowest BCUT2D eigenvalue weighted by Crippen LogP contribution is -2.25. The Morgan fingerprint density at radius 3 is 2.71 bits per heavy atom. The highest BCUT2D eigenvalue weighted by atomic mass is 35.5. The molecule has 0 radical (unpaired) electrons. The molecule has 5 nitrogen and oxygen atoms in total. The molecule has 1 heterocycles. The van der Waals surface area contributed by atoms with Gasteiger partial charge in [-0.15, -0.1) is 0 Å². The predicted molar refractivity (Wildman–Crippen MR) is 78.1 cm³/mol. The van der Waals surface area contributed by atoms with Gasteiger partial charge in [0.25, 0.3) is 0 Å². The Morgan fingerprint density at radius 1 is 1.29 bits per heavy atom. The van der Waals surface area contributed by atoms with Gasteiger partial charge < -0.3 is 9.47 Å². The number of carbonyl (C=O) groups is 2. The molecule has 110 valence electrons. The van der Waals surface area contributed by atoms with Gasteiger partial charge in [-0.2, -0.15) is 0 Å². The second-order valence-corrected chi connectivity index (χ2v) is 4.65. The normalized spacial score (nSPS) is 12.0. The Labute approximate surface area is 126 Å². The van der Waals surface area contributed by atoms with E-state index in [4.69, 9.17) is 21.1 Å². The third-order valence-corrected chi connectivity index (χ3v) is 3.35. The van der Waals surface area contributed by atoms with Crippen molar-refractivity contribution >= 4 is 34.4 Å². The van der Waals surface area contributed by atoms with Gasteiger partial charge in [0, 0.05) is 22.2 Å². The first-order valence-electron chi connectivity index (χ1n) is 6.37. The van der Waals surface area contributed by atoms with Gasteiger partial charge in [-0.05, 0) is 25.1 Å². The lowest BCUT2D eigenvalue weighted by Gasteiger charge is -2.15. The van der Waals surface area contributed by atoms with E-state index in [9.17, 15) is 9.59 Å². The maximum Gasteiger partial charge on any atom is 0.324 e.